The molecule has 19 heavy (non-hydrogen) atoms. The fraction of sp³-hybridized carbons (Fsp3) is 0.625. The summed E-state index contributed by atoms with van der Waals surface area (Å²) in [6.07, 6.45) is 5.80. The molecule has 1 aliphatic carbocycles. The summed E-state index contributed by atoms with van der Waals surface area (Å²) in [5.41, 5.74) is 8.84. The monoisotopic (exact) mass is 263 g/mol. The molecule has 2 rings (SSSR count). The molecule has 0 aliphatic heterocycles. The van der Waals surface area contributed by atoms with Crippen LogP contribution in [0.3, 0.4) is 0 Å². The number of hydrogen-bond donors (Lipinski definition) is 1. The van der Waals surface area contributed by atoms with Crippen molar-refractivity contribution in [2.24, 2.45) is 5.73 Å². The Bertz CT molecular complexity index is 437. The van der Waals surface area contributed by atoms with E-state index in [4.69, 9.17) is 15.2 Å². The first-order chi connectivity index (χ1) is 9.22. The second-order valence-corrected chi connectivity index (χ2v) is 5.38. The summed E-state index contributed by atoms with van der Waals surface area (Å²) in [5, 5.41) is 0. The van der Waals surface area contributed by atoms with Gasteiger partial charge in [-0.05, 0) is 30.9 Å². The number of rotatable bonds is 5. The summed E-state index contributed by atoms with van der Waals surface area (Å²) in [5.74, 6) is 1.70. The van der Waals surface area contributed by atoms with Crippen molar-refractivity contribution in [3.63, 3.8) is 0 Å². The van der Waals surface area contributed by atoms with Crippen LogP contribution >= 0.6 is 0 Å². The van der Waals surface area contributed by atoms with Gasteiger partial charge in [-0.3, -0.25) is 0 Å². The number of ether oxygens (including phenoxy) is 2. The number of methoxy groups -OCH3 is 2. The maximum absolute atomic E-state index is 6.14. The Hall–Kier alpha value is -1.22. The van der Waals surface area contributed by atoms with Crippen LogP contribution in [-0.2, 0) is 11.8 Å². The predicted molar refractivity (Wildman–Crippen MR) is 78.1 cm³/mol. The third-order valence-corrected chi connectivity index (χ3v) is 4.49. The Labute approximate surface area is 116 Å². The van der Waals surface area contributed by atoms with Crippen LogP contribution < -0.4 is 15.2 Å². The van der Waals surface area contributed by atoms with E-state index in [0.717, 1.165) is 30.8 Å². The summed E-state index contributed by atoms with van der Waals surface area (Å²) in [6.45, 7) is 2.87. The van der Waals surface area contributed by atoms with Crippen LogP contribution in [-0.4, -0.2) is 20.8 Å². The Morgan fingerprint density at radius 3 is 2.32 bits per heavy atom. The quantitative estimate of drug-likeness (QED) is 0.888. The average Bonchev–Trinajstić information content (AvgIpc) is 2.95. The van der Waals surface area contributed by atoms with Gasteiger partial charge in [-0.1, -0.05) is 25.8 Å². The SMILES string of the molecule is CCc1ccc(OC)c(OC)c1C1(CN)CCCC1. The van der Waals surface area contributed by atoms with E-state index in [0.29, 0.717) is 6.54 Å². The van der Waals surface area contributed by atoms with E-state index in [1.165, 1.54) is 24.0 Å². The van der Waals surface area contributed by atoms with Crippen LogP contribution in [0.4, 0.5) is 0 Å². The molecule has 1 aromatic carbocycles. The summed E-state index contributed by atoms with van der Waals surface area (Å²) in [7, 11) is 3.41. The molecule has 0 amide bonds. The molecule has 1 fully saturated rings. The second-order valence-electron chi connectivity index (χ2n) is 5.38. The number of hydrogen-bond acceptors (Lipinski definition) is 3. The molecule has 2 N–H and O–H groups in total. The summed E-state index contributed by atoms with van der Waals surface area (Å²) < 4.78 is 11.1. The van der Waals surface area contributed by atoms with Crippen LogP contribution in [0.15, 0.2) is 12.1 Å². The number of aryl methyl sites for hydroxylation is 1. The van der Waals surface area contributed by atoms with E-state index in [1.807, 2.05) is 6.07 Å². The Morgan fingerprint density at radius 1 is 1.16 bits per heavy atom. The third-order valence-electron chi connectivity index (χ3n) is 4.49. The fourth-order valence-electron chi connectivity index (χ4n) is 3.45. The maximum Gasteiger partial charge on any atom is 0.164 e. The van der Waals surface area contributed by atoms with Crippen LogP contribution in [0.1, 0.15) is 43.7 Å². The van der Waals surface area contributed by atoms with Crippen LogP contribution in [0.5, 0.6) is 11.5 Å². The molecule has 0 atom stereocenters. The molecular weight excluding hydrogens is 238 g/mol. The minimum Gasteiger partial charge on any atom is -0.493 e. The normalized spacial score (nSPS) is 17.5. The Balaban J connectivity index is 2.64. The van der Waals surface area contributed by atoms with Gasteiger partial charge in [-0.15, -0.1) is 0 Å². The molecule has 1 aromatic rings. The topological polar surface area (TPSA) is 44.5 Å². The van der Waals surface area contributed by atoms with E-state index in [9.17, 15) is 0 Å². The zero-order chi connectivity index (χ0) is 13.9. The standard InChI is InChI=1S/C16H25NO2/c1-4-12-7-8-13(18-2)15(19-3)14(12)16(11-17)9-5-6-10-16/h7-8H,4-6,9-11,17H2,1-3H3. The highest BCUT2D eigenvalue weighted by molar-refractivity contribution is 5.55. The van der Waals surface area contributed by atoms with E-state index in [2.05, 4.69) is 13.0 Å². The van der Waals surface area contributed by atoms with Crippen molar-refractivity contribution in [1.82, 2.24) is 0 Å². The van der Waals surface area contributed by atoms with Gasteiger partial charge in [0.05, 0.1) is 14.2 Å². The first-order valence-corrected chi connectivity index (χ1v) is 7.16. The van der Waals surface area contributed by atoms with Crippen LogP contribution in [0.2, 0.25) is 0 Å². The number of benzene rings is 1. The first kappa shape index (κ1) is 14.2. The van der Waals surface area contributed by atoms with Gasteiger partial charge in [-0.2, -0.15) is 0 Å². The molecule has 0 bridgehead atoms. The largest absolute Gasteiger partial charge is 0.493 e. The Morgan fingerprint density at radius 2 is 1.84 bits per heavy atom. The number of nitrogens with two attached hydrogens (primary N) is 1. The molecule has 0 heterocycles. The maximum atomic E-state index is 6.14. The van der Waals surface area contributed by atoms with E-state index in [1.54, 1.807) is 14.2 Å². The zero-order valence-corrected chi connectivity index (χ0v) is 12.3. The molecule has 1 aliphatic rings. The van der Waals surface area contributed by atoms with Crippen molar-refractivity contribution >= 4 is 0 Å². The van der Waals surface area contributed by atoms with Gasteiger partial charge in [0.15, 0.2) is 11.5 Å². The first-order valence-electron chi connectivity index (χ1n) is 7.16. The fourth-order valence-corrected chi connectivity index (χ4v) is 3.45. The average molecular weight is 263 g/mol. The lowest BCUT2D eigenvalue weighted by atomic mass is 9.75. The predicted octanol–water partition coefficient (Wildman–Crippen LogP) is 3.04. The minimum atomic E-state index is 0.0746. The highest BCUT2D eigenvalue weighted by Crippen LogP contribution is 2.48. The van der Waals surface area contributed by atoms with Crippen molar-refractivity contribution in [1.29, 1.82) is 0 Å². The Kier molecular flexibility index (Phi) is 4.35. The second kappa shape index (κ2) is 5.83. The van der Waals surface area contributed by atoms with Crippen molar-refractivity contribution in [2.75, 3.05) is 20.8 Å². The van der Waals surface area contributed by atoms with Gasteiger partial charge < -0.3 is 15.2 Å². The highest BCUT2D eigenvalue weighted by atomic mass is 16.5. The lowest BCUT2D eigenvalue weighted by Gasteiger charge is -2.32. The summed E-state index contributed by atoms with van der Waals surface area (Å²) in [4.78, 5) is 0. The molecule has 0 saturated heterocycles. The van der Waals surface area contributed by atoms with E-state index >= 15 is 0 Å². The molecule has 106 valence electrons. The van der Waals surface area contributed by atoms with Crippen LogP contribution in [0, 0.1) is 0 Å². The lowest BCUT2D eigenvalue weighted by molar-refractivity contribution is 0.335. The molecule has 3 heteroatoms. The molecule has 0 radical (unpaired) electrons. The highest BCUT2D eigenvalue weighted by Gasteiger charge is 2.39. The van der Waals surface area contributed by atoms with Gasteiger partial charge in [-0.25, -0.2) is 0 Å². The zero-order valence-electron chi connectivity index (χ0n) is 12.3. The van der Waals surface area contributed by atoms with Crippen molar-refractivity contribution < 1.29 is 9.47 Å². The smallest absolute Gasteiger partial charge is 0.164 e. The lowest BCUT2D eigenvalue weighted by Crippen LogP contribution is -2.33. The van der Waals surface area contributed by atoms with Gasteiger partial charge in [0.25, 0.3) is 0 Å². The molecule has 0 spiro atoms. The summed E-state index contributed by atoms with van der Waals surface area (Å²) >= 11 is 0. The molecule has 3 nitrogen and oxygen atoms in total. The van der Waals surface area contributed by atoms with Crippen molar-refractivity contribution in [3.05, 3.63) is 23.3 Å². The third kappa shape index (κ3) is 2.32. The van der Waals surface area contributed by atoms with E-state index < -0.39 is 0 Å². The van der Waals surface area contributed by atoms with Crippen molar-refractivity contribution in [2.45, 2.75) is 44.4 Å². The minimum absolute atomic E-state index is 0.0746. The molecule has 0 aromatic heterocycles. The van der Waals surface area contributed by atoms with Gasteiger partial charge >= 0.3 is 0 Å². The van der Waals surface area contributed by atoms with Crippen LogP contribution in [0.25, 0.3) is 0 Å². The van der Waals surface area contributed by atoms with Crippen molar-refractivity contribution in [3.8, 4) is 11.5 Å². The van der Waals surface area contributed by atoms with Gasteiger partial charge in [0, 0.05) is 17.5 Å². The van der Waals surface area contributed by atoms with E-state index in [-0.39, 0.29) is 5.41 Å². The summed E-state index contributed by atoms with van der Waals surface area (Å²) in [6, 6.07) is 4.16. The molecular formula is C16H25NO2. The molecule has 1 saturated carbocycles. The molecule has 0 unspecified atom stereocenters. The van der Waals surface area contributed by atoms with Gasteiger partial charge in [0.1, 0.15) is 0 Å². The van der Waals surface area contributed by atoms with Gasteiger partial charge in [0.2, 0.25) is 0 Å².